The van der Waals surface area contributed by atoms with E-state index in [2.05, 4.69) is 48.0 Å². The highest BCUT2D eigenvalue weighted by atomic mass is 32.1. The first-order valence-electron chi connectivity index (χ1n) is 13.1. The Morgan fingerprint density at radius 3 is 2.92 bits per heavy atom. The number of piperidine rings is 1. The quantitative estimate of drug-likeness (QED) is 0.266. The van der Waals surface area contributed by atoms with Crippen LogP contribution in [0.25, 0.3) is 16.9 Å². The molecule has 1 aliphatic heterocycles. The summed E-state index contributed by atoms with van der Waals surface area (Å²) >= 11 is 1.42. The first-order chi connectivity index (χ1) is 19.4. The maximum atomic E-state index is 13.0. The maximum absolute atomic E-state index is 13.0. The molecular formula is C27H29FN10OS. The molecule has 2 N–H and O–H groups in total. The van der Waals surface area contributed by atoms with Crippen LogP contribution >= 0.6 is 11.5 Å². The first kappa shape index (κ1) is 26.0. The molecule has 40 heavy (non-hydrogen) atoms. The van der Waals surface area contributed by atoms with E-state index in [-0.39, 0.29) is 12.5 Å². The second-order valence-corrected chi connectivity index (χ2v) is 11.0. The van der Waals surface area contributed by atoms with Crippen molar-refractivity contribution in [1.82, 2.24) is 38.4 Å². The monoisotopic (exact) mass is 560 g/mol. The summed E-state index contributed by atoms with van der Waals surface area (Å²) in [4.78, 5) is 27.8. The minimum Gasteiger partial charge on any atom is -0.328 e. The van der Waals surface area contributed by atoms with Crippen molar-refractivity contribution < 1.29 is 9.18 Å². The number of nitrogens with zero attached hydrogens (tertiary/aromatic N) is 8. The summed E-state index contributed by atoms with van der Waals surface area (Å²) in [6, 6.07) is 4.74. The van der Waals surface area contributed by atoms with Crippen LogP contribution in [0.4, 0.5) is 20.9 Å². The number of carbonyl (C=O) groups excluding carboxylic acids is 1. The summed E-state index contributed by atoms with van der Waals surface area (Å²) in [6.45, 7) is 7.32. The number of fused-ring (bicyclic) bond motifs is 1. The third kappa shape index (κ3) is 5.84. The van der Waals surface area contributed by atoms with Crippen LogP contribution < -0.4 is 10.6 Å². The van der Waals surface area contributed by atoms with Crippen LogP contribution in [0.5, 0.6) is 0 Å². The van der Waals surface area contributed by atoms with Gasteiger partial charge in [0, 0.05) is 31.0 Å². The van der Waals surface area contributed by atoms with Crippen LogP contribution in [0.15, 0.2) is 49.2 Å². The van der Waals surface area contributed by atoms with Gasteiger partial charge in [0.25, 0.3) is 0 Å². The van der Waals surface area contributed by atoms with Gasteiger partial charge in [-0.1, -0.05) is 6.92 Å². The van der Waals surface area contributed by atoms with Crippen molar-refractivity contribution in [2.45, 2.75) is 39.8 Å². The van der Waals surface area contributed by atoms with E-state index in [0.717, 1.165) is 53.2 Å². The molecule has 0 bridgehead atoms. The van der Waals surface area contributed by atoms with Gasteiger partial charge in [0.15, 0.2) is 11.5 Å². The Hall–Kier alpha value is -4.23. The van der Waals surface area contributed by atoms with Gasteiger partial charge in [0.1, 0.15) is 11.5 Å². The molecule has 6 rings (SSSR count). The molecule has 11 nitrogen and oxygen atoms in total. The van der Waals surface area contributed by atoms with Crippen LogP contribution in [0.2, 0.25) is 0 Å². The third-order valence-corrected chi connectivity index (χ3v) is 7.53. The molecule has 0 saturated carbocycles. The molecule has 1 atom stereocenters. The van der Waals surface area contributed by atoms with Gasteiger partial charge in [-0.2, -0.15) is 13.9 Å². The number of aryl methyl sites for hydroxylation is 1. The Balaban J connectivity index is 1.16. The van der Waals surface area contributed by atoms with E-state index < -0.39 is 5.95 Å². The molecule has 6 heterocycles. The molecule has 0 aromatic carbocycles. The normalized spacial score (nSPS) is 15.9. The number of hydrogen-bond donors (Lipinski definition) is 2. The smallest absolute Gasteiger partial charge is 0.246 e. The third-order valence-electron chi connectivity index (χ3n) is 6.79. The lowest BCUT2D eigenvalue weighted by Crippen LogP contribution is -2.33. The van der Waals surface area contributed by atoms with Crippen molar-refractivity contribution in [3.8, 4) is 11.3 Å². The molecule has 1 saturated heterocycles. The number of anilines is 3. The molecule has 0 aliphatic carbocycles. The molecule has 13 heteroatoms. The Labute approximate surface area is 234 Å². The van der Waals surface area contributed by atoms with Gasteiger partial charge in [-0.3, -0.25) is 18.8 Å². The van der Waals surface area contributed by atoms with Gasteiger partial charge in [-0.25, -0.2) is 15.0 Å². The number of carbonyl (C=O) groups is 1. The van der Waals surface area contributed by atoms with Crippen molar-refractivity contribution in [3.63, 3.8) is 0 Å². The van der Waals surface area contributed by atoms with Gasteiger partial charge in [-0.15, -0.1) is 0 Å². The molecule has 1 unspecified atom stereocenters. The van der Waals surface area contributed by atoms with Crippen molar-refractivity contribution in [3.05, 3.63) is 66.5 Å². The zero-order valence-electron chi connectivity index (χ0n) is 22.2. The standard InChI is InChI=1S/C27H29FN10OS/c1-17-4-3-7-36(12-17)15-21-8-25(40-35-21)34-26-27-30-11-22(38(27)13-18(2)32-26)19-9-31-37(14-19)16-24(39)33-20-5-6-23(28)29-10-20/h5-6,8-11,13-14,17H,3-4,7,12,15-16H2,1-2H3,(H,32,34)(H,33,39). The Kier molecular flexibility index (Phi) is 7.22. The highest BCUT2D eigenvalue weighted by Gasteiger charge is 2.19. The Morgan fingerprint density at radius 1 is 1.20 bits per heavy atom. The topological polar surface area (TPSA) is 118 Å². The van der Waals surface area contributed by atoms with Crippen LogP contribution in [-0.2, 0) is 17.9 Å². The summed E-state index contributed by atoms with van der Waals surface area (Å²) in [5.74, 6) is 0.470. The second kappa shape index (κ2) is 11.1. The molecule has 5 aromatic rings. The SMILES string of the molecule is Cc1cn2c(-c3cnn(CC(=O)Nc4ccc(F)nc4)c3)cnc2c(Nc2cc(CN3CCCC(C)C3)ns2)n1. The summed E-state index contributed by atoms with van der Waals surface area (Å²) in [7, 11) is 0. The lowest BCUT2D eigenvalue weighted by atomic mass is 10.0. The highest BCUT2D eigenvalue weighted by Crippen LogP contribution is 2.28. The van der Waals surface area contributed by atoms with Crippen molar-refractivity contribution in [1.29, 1.82) is 0 Å². The predicted octanol–water partition coefficient (Wildman–Crippen LogP) is 4.51. The Bertz CT molecular complexity index is 1640. The minimum absolute atomic E-state index is 0.00838. The van der Waals surface area contributed by atoms with Crippen LogP contribution in [0.3, 0.4) is 0 Å². The van der Waals surface area contributed by atoms with Gasteiger partial charge >= 0.3 is 0 Å². The second-order valence-electron chi connectivity index (χ2n) is 10.2. The molecule has 206 valence electrons. The number of likely N-dealkylation sites (tertiary alicyclic amines) is 1. The lowest BCUT2D eigenvalue weighted by Gasteiger charge is -2.30. The molecule has 1 aliphatic rings. The fourth-order valence-corrected chi connectivity index (χ4v) is 5.66. The number of amides is 1. The molecule has 5 aromatic heterocycles. The molecular weight excluding hydrogens is 531 g/mol. The van der Waals surface area contributed by atoms with Gasteiger partial charge in [0.05, 0.1) is 41.4 Å². The summed E-state index contributed by atoms with van der Waals surface area (Å²) in [5.41, 5.74) is 4.59. The highest BCUT2D eigenvalue weighted by molar-refractivity contribution is 7.10. The largest absolute Gasteiger partial charge is 0.328 e. The van der Waals surface area contributed by atoms with E-state index in [1.165, 1.54) is 47.4 Å². The number of rotatable bonds is 8. The zero-order valence-corrected chi connectivity index (χ0v) is 23.0. The lowest BCUT2D eigenvalue weighted by molar-refractivity contribution is -0.116. The minimum atomic E-state index is -0.606. The summed E-state index contributed by atoms with van der Waals surface area (Å²) in [6.07, 6.45) is 11.0. The van der Waals surface area contributed by atoms with Crippen LogP contribution in [-0.4, -0.2) is 57.4 Å². The Morgan fingerprint density at radius 2 is 2.10 bits per heavy atom. The predicted molar refractivity (Wildman–Crippen MR) is 151 cm³/mol. The van der Waals surface area contributed by atoms with Gasteiger partial charge in [0.2, 0.25) is 11.9 Å². The molecule has 1 fully saturated rings. The number of aromatic nitrogens is 7. The molecule has 0 radical (unpaired) electrons. The van der Waals surface area contributed by atoms with Gasteiger partial charge < -0.3 is 10.6 Å². The van der Waals surface area contributed by atoms with E-state index in [4.69, 9.17) is 4.98 Å². The number of halogens is 1. The first-order valence-corrected chi connectivity index (χ1v) is 13.9. The summed E-state index contributed by atoms with van der Waals surface area (Å²) < 4.78 is 21.2. The molecule has 1 amide bonds. The average molecular weight is 561 g/mol. The fourth-order valence-electron chi connectivity index (χ4n) is 5.01. The van der Waals surface area contributed by atoms with Crippen molar-refractivity contribution in [2.24, 2.45) is 5.92 Å². The number of hydrogen-bond acceptors (Lipinski definition) is 9. The number of nitrogens with one attached hydrogen (secondary N) is 2. The summed E-state index contributed by atoms with van der Waals surface area (Å²) in [5, 5.41) is 11.4. The average Bonchev–Trinajstić information content (AvgIpc) is 3.66. The fraction of sp³-hybridized carbons (Fsp3) is 0.333. The van der Waals surface area contributed by atoms with Crippen LogP contribution in [0.1, 0.15) is 31.2 Å². The number of imidazole rings is 1. The molecule has 0 spiro atoms. The van der Waals surface area contributed by atoms with E-state index in [1.807, 2.05) is 17.5 Å². The maximum Gasteiger partial charge on any atom is 0.246 e. The van der Waals surface area contributed by atoms with E-state index in [0.29, 0.717) is 17.2 Å². The van der Waals surface area contributed by atoms with Crippen molar-refractivity contribution >= 4 is 39.6 Å². The van der Waals surface area contributed by atoms with E-state index in [9.17, 15) is 9.18 Å². The van der Waals surface area contributed by atoms with Crippen molar-refractivity contribution in [2.75, 3.05) is 23.7 Å². The van der Waals surface area contributed by atoms with Gasteiger partial charge in [-0.05, 0) is 62.0 Å². The van der Waals surface area contributed by atoms with E-state index in [1.54, 1.807) is 18.6 Å². The van der Waals surface area contributed by atoms with E-state index >= 15 is 0 Å². The zero-order chi connectivity index (χ0) is 27.6. The van der Waals surface area contributed by atoms with Crippen LogP contribution in [0, 0.1) is 18.8 Å². The number of pyridine rings is 1.